The van der Waals surface area contributed by atoms with Crippen molar-refractivity contribution in [3.8, 4) is 6.07 Å². The second-order valence-electron chi connectivity index (χ2n) is 6.34. The van der Waals surface area contributed by atoms with Gasteiger partial charge in [0.05, 0.1) is 11.3 Å². The number of amides is 2. The van der Waals surface area contributed by atoms with Crippen molar-refractivity contribution in [2.24, 2.45) is 0 Å². The van der Waals surface area contributed by atoms with Gasteiger partial charge in [0.1, 0.15) is 6.07 Å². The number of hydrogen-bond donors (Lipinski definition) is 1. The molecule has 0 atom stereocenters. The highest BCUT2D eigenvalue weighted by molar-refractivity contribution is 6.06. The minimum atomic E-state index is -0.372. The molecule has 0 bridgehead atoms. The van der Waals surface area contributed by atoms with E-state index in [1.165, 1.54) is 0 Å². The molecule has 1 N–H and O–H groups in total. The first-order chi connectivity index (χ1) is 13.6. The minimum Gasteiger partial charge on any atom is -0.337 e. The number of rotatable bonds is 5. The van der Waals surface area contributed by atoms with Crippen LogP contribution in [0.5, 0.6) is 0 Å². The van der Waals surface area contributed by atoms with E-state index in [1.807, 2.05) is 36.4 Å². The Bertz CT molecular complexity index is 1040. The molecule has 2 amide bonds. The topological polar surface area (TPSA) is 73.2 Å². The third kappa shape index (κ3) is 4.43. The molecule has 0 fully saturated rings. The standard InChI is InChI=1S/C23H19N3O2/c1-26(16-17-8-3-2-4-9-17)23(28)19-12-7-11-18(14-19)22(27)25-21-13-6-5-10-20(21)15-24/h2-14H,16H2,1H3,(H,25,27). The van der Waals surface area contributed by atoms with Crippen LogP contribution in [0.2, 0.25) is 0 Å². The molecule has 0 spiro atoms. The van der Waals surface area contributed by atoms with Gasteiger partial charge in [-0.1, -0.05) is 48.5 Å². The van der Waals surface area contributed by atoms with E-state index in [-0.39, 0.29) is 11.8 Å². The van der Waals surface area contributed by atoms with Crippen molar-refractivity contribution in [2.45, 2.75) is 6.54 Å². The average molecular weight is 369 g/mol. The number of hydrogen-bond acceptors (Lipinski definition) is 3. The van der Waals surface area contributed by atoms with E-state index >= 15 is 0 Å². The van der Waals surface area contributed by atoms with Gasteiger partial charge in [0.15, 0.2) is 0 Å². The number of carbonyl (C=O) groups excluding carboxylic acids is 2. The quantitative estimate of drug-likeness (QED) is 0.736. The Kier molecular flexibility index (Phi) is 5.83. The summed E-state index contributed by atoms with van der Waals surface area (Å²) in [5, 5.41) is 11.9. The minimum absolute atomic E-state index is 0.170. The maximum Gasteiger partial charge on any atom is 0.255 e. The Morgan fingerprint density at radius 3 is 2.36 bits per heavy atom. The van der Waals surface area contributed by atoms with Crippen LogP contribution in [-0.2, 0) is 6.54 Å². The van der Waals surface area contributed by atoms with Crippen LogP contribution >= 0.6 is 0 Å². The molecular formula is C23H19N3O2. The summed E-state index contributed by atoms with van der Waals surface area (Å²) in [6.45, 7) is 0.478. The molecule has 0 saturated carbocycles. The summed E-state index contributed by atoms with van der Waals surface area (Å²) in [4.78, 5) is 26.9. The van der Waals surface area contributed by atoms with Crippen molar-refractivity contribution in [2.75, 3.05) is 12.4 Å². The molecule has 5 nitrogen and oxygen atoms in total. The fraction of sp³-hybridized carbons (Fsp3) is 0.0870. The Morgan fingerprint density at radius 2 is 1.61 bits per heavy atom. The SMILES string of the molecule is CN(Cc1ccccc1)C(=O)c1cccc(C(=O)Nc2ccccc2C#N)c1. The Morgan fingerprint density at radius 1 is 0.929 bits per heavy atom. The smallest absolute Gasteiger partial charge is 0.255 e. The van der Waals surface area contributed by atoms with Crippen LogP contribution in [0.25, 0.3) is 0 Å². The molecule has 0 aromatic heterocycles. The Labute approximate surface area is 163 Å². The van der Waals surface area contributed by atoms with Crippen LogP contribution in [0.3, 0.4) is 0 Å². The van der Waals surface area contributed by atoms with Gasteiger partial charge in [0, 0.05) is 24.7 Å². The Hall–Kier alpha value is -3.91. The number of nitriles is 1. The molecule has 0 radical (unpaired) electrons. The highest BCUT2D eigenvalue weighted by Gasteiger charge is 2.15. The molecule has 3 rings (SSSR count). The number of nitrogens with one attached hydrogen (secondary N) is 1. The zero-order valence-corrected chi connectivity index (χ0v) is 15.4. The maximum absolute atomic E-state index is 12.7. The molecule has 0 unspecified atom stereocenters. The lowest BCUT2D eigenvalue weighted by atomic mass is 10.1. The maximum atomic E-state index is 12.7. The fourth-order valence-electron chi connectivity index (χ4n) is 2.83. The van der Waals surface area contributed by atoms with E-state index in [2.05, 4.69) is 5.32 Å². The molecular weight excluding hydrogens is 350 g/mol. The van der Waals surface area contributed by atoms with E-state index in [1.54, 1.807) is 60.5 Å². The van der Waals surface area contributed by atoms with Crippen LogP contribution in [0.1, 0.15) is 31.8 Å². The fourth-order valence-corrected chi connectivity index (χ4v) is 2.83. The summed E-state index contributed by atoms with van der Waals surface area (Å²) < 4.78 is 0. The third-order valence-corrected chi connectivity index (χ3v) is 4.28. The van der Waals surface area contributed by atoms with E-state index in [0.29, 0.717) is 28.9 Å². The van der Waals surface area contributed by atoms with Gasteiger partial charge in [-0.2, -0.15) is 5.26 Å². The highest BCUT2D eigenvalue weighted by atomic mass is 16.2. The molecule has 3 aromatic rings. The lowest BCUT2D eigenvalue weighted by molar-refractivity contribution is 0.0785. The van der Waals surface area contributed by atoms with Crippen molar-refractivity contribution in [1.29, 1.82) is 5.26 Å². The van der Waals surface area contributed by atoms with E-state index in [9.17, 15) is 9.59 Å². The van der Waals surface area contributed by atoms with Crippen LogP contribution in [0, 0.1) is 11.3 Å². The average Bonchev–Trinajstić information content (AvgIpc) is 2.74. The molecule has 28 heavy (non-hydrogen) atoms. The lowest BCUT2D eigenvalue weighted by Gasteiger charge is -2.17. The molecule has 0 aliphatic carbocycles. The first-order valence-corrected chi connectivity index (χ1v) is 8.78. The first-order valence-electron chi connectivity index (χ1n) is 8.78. The van der Waals surface area contributed by atoms with Crippen LogP contribution in [-0.4, -0.2) is 23.8 Å². The second-order valence-corrected chi connectivity index (χ2v) is 6.34. The predicted octanol–water partition coefficient (Wildman–Crippen LogP) is 4.08. The third-order valence-electron chi connectivity index (χ3n) is 4.28. The number of anilines is 1. The van der Waals surface area contributed by atoms with Gasteiger partial charge in [-0.25, -0.2) is 0 Å². The van der Waals surface area contributed by atoms with Crippen LogP contribution < -0.4 is 5.32 Å². The predicted molar refractivity (Wildman–Crippen MR) is 108 cm³/mol. The zero-order chi connectivity index (χ0) is 19.9. The van der Waals surface area contributed by atoms with Gasteiger partial charge >= 0.3 is 0 Å². The van der Waals surface area contributed by atoms with Crippen molar-refractivity contribution >= 4 is 17.5 Å². The summed E-state index contributed by atoms with van der Waals surface area (Å²) in [5.41, 5.74) is 2.63. The molecule has 0 heterocycles. The number of nitrogens with zero attached hydrogens (tertiary/aromatic N) is 2. The Balaban J connectivity index is 1.75. The van der Waals surface area contributed by atoms with Gasteiger partial charge in [-0.15, -0.1) is 0 Å². The van der Waals surface area contributed by atoms with Gasteiger partial charge in [-0.3, -0.25) is 9.59 Å². The van der Waals surface area contributed by atoms with Crippen LogP contribution in [0.4, 0.5) is 5.69 Å². The first kappa shape index (κ1) is 18.9. The molecule has 0 aliphatic heterocycles. The van der Waals surface area contributed by atoms with E-state index in [4.69, 9.17) is 5.26 Å². The highest BCUT2D eigenvalue weighted by Crippen LogP contribution is 2.16. The normalized spacial score (nSPS) is 10.0. The van der Waals surface area contributed by atoms with Crippen LogP contribution in [0.15, 0.2) is 78.9 Å². The molecule has 3 aromatic carbocycles. The molecule has 0 aliphatic rings. The molecule has 5 heteroatoms. The second kappa shape index (κ2) is 8.65. The summed E-state index contributed by atoms with van der Waals surface area (Å²) in [7, 11) is 1.73. The van der Waals surface area contributed by atoms with Crippen molar-refractivity contribution in [3.63, 3.8) is 0 Å². The van der Waals surface area contributed by atoms with Gasteiger partial charge in [0.25, 0.3) is 11.8 Å². The summed E-state index contributed by atoms with van der Waals surface area (Å²) in [5.74, 6) is -0.543. The van der Waals surface area contributed by atoms with Crippen molar-refractivity contribution in [3.05, 3.63) is 101 Å². The zero-order valence-electron chi connectivity index (χ0n) is 15.4. The summed E-state index contributed by atoms with van der Waals surface area (Å²) in [6, 6.07) is 25.1. The van der Waals surface area contributed by atoms with Crippen molar-refractivity contribution < 1.29 is 9.59 Å². The van der Waals surface area contributed by atoms with E-state index < -0.39 is 0 Å². The molecule has 138 valence electrons. The van der Waals surface area contributed by atoms with Crippen molar-refractivity contribution in [1.82, 2.24) is 4.90 Å². The number of carbonyl (C=O) groups is 2. The van der Waals surface area contributed by atoms with Gasteiger partial charge in [-0.05, 0) is 35.9 Å². The largest absolute Gasteiger partial charge is 0.337 e. The summed E-state index contributed by atoms with van der Waals surface area (Å²) >= 11 is 0. The van der Waals surface area contributed by atoms with Gasteiger partial charge in [0.2, 0.25) is 0 Å². The lowest BCUT2D eigenvalue weighted by Crippen LogP contribution is -2.26. The monoisotopic (exact) mass is 369 g/mol. The number of benzene rings is 3. The summed E-state index contributed by atoms with van der Waals surface area (Å²) in [6.07, 6.45) is 0. The molecule has 0 saturated heterocycles. The van der Waals surface area contributed by atoms with Gasteiger partial charge < -0.3 is 10.2 Å². The number of para-hydroxylation sites is 1. The van der Waals surface area contributed by atoms with E-state index in [0.717, 1.165) is 5.56 Å².